The fourth-order valence-electron chi connectivity index (χ4n) is 5.59. The number of hydrogen-bond donors (Lipinski definition) is 1. The van der Waals surface area contributed by atoms with Crippen molar-refractivity contribution in [3.05, 3.63) is 0 Å². The Morgan fingerprint density at radius 2 is 0.768 bits per heavy atom. The standard InChI is InChI=1S/C39H81O8P3S6/c1-11-13-15-17-19-21-23-25-27-37(31-55-48(51,42-33(3)4)43-34(5)6)46-50(53,54-30-29-39(40)41)47-38(28-26-24-22-20-18-16-14-12-2)32-56-49(52,44-35(7)8)45-36(9)10/h33-38H,11-32H2,1-10H3,(H,40,41). The molecule has 1 N–H and O–H groups in total. The van der Waals surface area contributed by atoms with Gasteiger partial charge in [0.25, 0.3) is 0 Å². The molecule has 0 aliphatic rings. The summed E-state index contributed by atoms with van der Waals surface area (Å²) in [6.45, 7) is 20.3. The van der Waals surface area contributed by atoms with Crippen LogP contribution in [0.3, 0.4) is 0 Å². The second-order valence-corrected chi connectivity index (χ2v) is 34.4. The van der Waals surface area contributed by atoms with Crippen LogP contribution in [0.4, 0.5) is 0 Å². The zero-order valence-corrected chi connectivity index (χ0v) is 44.2. The van der Waals surface area contributed by atoms with Crippen LogP contribution in [0.25, 0.3) is 0 Å². The lowest BCUT2D eigenvalue weighted by molar-refractivity contribution is -0.136. The van der Waals surface area contributed by atoms with E-state index in [0.717, 1.165) is 38.5 Å². The van der Waals surface area contributed by atoms with Gasteiger partial charge in [-0.05, 0) is 104 Å². The molecule has 2 atom stereocenters. The largest absolute Gasteiger partial charge is 0.481 e. The van der Waals surface area contributed by atoms with E-state index in [9.17, 15) is 9.90 Å². The number of carboxylic acids is 1. The summed E-state index contributed by atoms with van der Waals surface area (Å²) in [6, 6.07) is 0. The maximum Gasteiger partial charge on any atom is 0.304 e. The van der Waals surface area contributed by atoms with Crippen LogP contribution in [0.1, 0.15) is 191 Å². The molecular formula is C39H81O8P3S6. The molecule has 0 aromatic carbocycles. The normalized spacial score (nSPS) is 15.0. The van der Waals surface area contributed by atoms with E-state index in [1.165, 1.54) is 111 Å². The molecule has 0 heterocycles. The van der Waals surface area contributed by atoms with E-state index in [-0.39, 0.29) is 43.0 Å². The van der Waals surface area contributed by atoms with E-state index < -0.39 is 23.0 Å². The summed E-state index contributed by atoms with van der Waals surface area (Å²) in [7, 11) is 0. The molecule has 0 saturated heterocycles. The summed E-state index contributed by atoms with van der Waals surface area (Å²) in [6.07, 6.45) is 20.0. The van der Waals surface area contributed by atoms with Crippen molar-refractivity contribution >= 4 is 92.6 Å². The van der Waals surface area contributed by atoms with Gasteiger partial charge in [0, 0.05) is 17.3 Å². The molecule has 0 amide bonds. The number of carboxylic acid groups (broad SMARTS) is 1. The van der Waals surface area contributed by atoms with Crippen LogP contribution in [-0.4, -0.2) is 65.0 Å². The van der Waals surface area contributed by atoms with E-state index in [0.29, 0.717) is 17.3 Å². The van der Waals surface area contributed by atoms with Gasteiger partial charge in [-0.2, -0.15) is 0 Å². The predicted octanol–water partition coefficient (Wildman–Crippen LogP) is 15.9. The van der Waals surface area contributed by atoms with Gasteiger partial charge in [0.1, 0.15) is 0 Å². The van der Waals surface area contributed by atoms with Crippen LogP contribution >= 0.6 is 51.2 Å². The smallest absolute Gasteiger partial charge is 0.304 e. The first-order valence-electron chi connectivity index (χ1n) is 21.4. The molecule has 0 aliphatic heterocycles. The van der Waals surface area contributed by atoms with Gasteiger partial charge in [-0.25, -0.2) is 0 Å². The molecule has 0 aromatic rings. The first-order valence-corrected chi connectivity index (χ1v) is 34.1. The van der Waals surface area contributed by atoms with Crippen molar-refractivity contribution < 1.29 is 37.0 Å². The van der Waals surface area contributed by atoms with Crippen molar-refractivity contribution in [1.82, 2.24) is 0 Å². The van der Waals surface area contributed by atoms with Crippen molar-refractivity contribution in [3.63, 3.8) is 0 Å². The van der Waals surface area contributed by atoms with Gasteiger partial charge in [0.15, 0.2) is 0 Å². The first kappa shape index (κ1) is 58.2. The van der Waals surface area contributed by atoms with Crippen molar-refractivity contribution in [3.8, 4) is 0 Å². The fraction of sp³-hybridized carbons (Fsp3) is 0.974. The maximum atomic E-state index is 11.7. The molecule has 0 fully saturated rings. The summed E-state index contributed by atoms with van der Waals surface area (Å²) in [5.74, 6) is 0.539. The number of carbonyl (C=O) groups is 1. The van der Waals surface area contributed by atoms with Gasteiger partial charge < -0.3 is 32.2 Å². The zero-order chi connectivity index (χ0) is 42.5. The van der Waals surface area contributed by atoms with Crippen molar-refractivity contribution in [2.24, 2.45) is 0 Å². The van der Waals surface area contributed by atoms with Crippen LogP contribution in [0.15, 0.2) is 0 Å². The van der Waals surface area contributed by atoms with E-state index in [2.05, 4.69) is 13.8 Å². The SMILES string of the molecule is CCCCCCCCCCC(CSP(=S)(OC(C)C)OC(C)C)OP(=S)(OC(CCCCCCCCCC)CSP(=S)(OC(C)C)OC(C)C)SCCC(=O)O. The Balaban J connectivity index is 6.41. The Labute approximate surface area is 372 Å². The van der Waals surface area contributed by atoms with Gasteiger partial charge >= 0.3 is 5.97 Å². The second-order valence-electron chi connectivity index (χ2n) is 15.5. The molecule has 0 radical (unpaired) electrons. The minimum absolute atomic E-state index is 0.0266. The average Bonchev–Trinajstić information content (AvgIpc) is 3.06. The van der Waals surface area contributed by atoms with Gasteiger partial charge in [-0.1, -0.05) is 151 Å². The van der Waals surface area contributed by atoms with Crippen LogP contribution in [0.5, 0.6) is 0 Å². The molecule has 0 spiro atoms. The Hall–Kier alpha value is 2.23. The molecule has 0 saturated carbocycles. The molecular weight excluding hydrogens is 882 g/mol. The molecule has 2 unspecified atom stereocenters. The highest BCUT2D eigenvalue weighted by Crippen LogP contribution is 2.67. The van der Waals surface area contributed by atoms with E-state index >= 15 is 0 Å². The molecule has 0 aliphatic carbocycles. The highest BCUT2D eigenvalue weighted by molar-refractivity contribution is 8.69. The number of hydrogen-bond acceptors (Lipinski definition) is 13. The van der Waals surface area contributed by atoms with E-state index in [4.69, 9.17) is 62.6 Å². The highest BCUT2D eigenvalue weighted by atomic mass is 32.9. The Morgan fingerprint density at radius 3 is 1.05 bits per heavy atom. The van der Waals surface area contributed by atoms with Crippen molar-refractivity contribution in [2.75, 3.05) is 17.3 Å². The lowest BCUT2D eigenvalue weighted by atomic mass is 10.1. The predicted molar refractivity (Wildman–Crippen MR) is 262 cm³/mol. The van der Waals surface area contributed by atoms with Crippen molar-refractivity contribution in [2.45, 2.75) is 228 Å². The minimum Gasteiger partial charge on any atom is -0.481 e. The summed E-state index contributed by atoms with van der Waals surface area (Å²) in [4.78, 5) is 11.7. The lowest BCUT2D eigenvalue weighted by Crippen LogP contribution is -2.20. The van der Waals surface area contributed by atoms with Gasteiger partial charge in [0.05, 0.1) is 43.0 Å². The quantitative estimate of drug-likeness (QED) is 0.0466. The number of rotatable bonds is 40. The molecule has 17 heteroatoms. The third kappa shape index (κ3) is 33.8. The average molecular weight is 963 g/mol. The number of unbranched alkanes of at least 4 members (excludes halogenated alkanes) is 14. The Bertz CT molecular complexity index is 1030. The highest BCUT2D eigenvalue weighted by Gasteiger charge is 2.33. The fourth-order valence-corrected chi connectivity index (χ4v) is 22.6. The van der Waals surface area contributed by atoms with Crippen LogP contribution in [0.2, 0.25) is 0 Å². The van der Waals surface area contributed by atoms with E-state index in [1.807, 2.05) is 55.4 Å². The molecule has 56 heavy (non-hydrogen) atoms. The molecule has 0 bridgehead atoms. The van der Waals surface area contributed by atoms with Crippen LogP contribution < -0.4 is 0 Å². The molecule has 8 nitrogen and oxygen atoms in total. The maximum absolute atomic E-state index is 11.7. The first-order chi connectivity index (χ1) is 26.4. The van der Waals surface area contributed by atoms with Crippen LogP contribution in [-0.2, 0) is 67.4 Å². The summed E-state index contributed by atoms with van der Waals surface area (Å²) < 4.78 is 38.9. The molecule has 0 aromatic heterocycles. The minimum atomic E-state index is -3.06. The van der Waals surface area contributed by atoms with Gasteiger partial charge in [0.2, 0.25) is 17.1 Å². The third-order valence-electron chi connectivity index (χ3n) is 8.08. The monoisotopic (exact) mass is 962 g/mol. The summed E-state index contributed by atoms with van der Waals surface area (Å²) >= 11 is 22.9. The van der Waals surface area contributed by atoms with Gasteiger partial charge in [-0.15, -0.1) is 0 Å². The Kier molecular flexibility index (Phi) is 36.1. The van der Waals surface area contributed by atoms with Crippen LogP contribution in [0, 0.1) is 0 Å². The zero-order valence-electron chi connectivity index (χ0n) is 36.6. The summed E-state index contributed by atoms with van der Waals surface area (Å²) in [5, 5.41) is 9.58. The topological polar surface area (TPSA) is 92.7 Å². The third-order valence-corrected chi connectivity index (χ3v) is 24.5. The Morgan fingerprint density at radius 1 is 0.482 bits per heavy atom. The van der Waals surface area contributed by atoms with Gasteiger partial charge in [-0.3, -0.25) is 4.79 Å². The van der Waals surface area contributed by atoms with Crippen molar-refractivity contribution in [1.29, 1.82) is 0 Å². The molecule has 336 valence electrons. The molecule has 0 rings (SSSR count). The second kappa shape index (κ2) is 34.7. The number of aliphatic carboxylic acids is 1. The summed E-state index contributed by atoms with van der Waals surface area (Å²) in [5.41, 5.74) is -8.40. The lowest BCUT2D eigenvalue weighted by Gasteiger charge is -2.33. The van der Waals surface area contributed by atoms with E-state index in [1.54, 1.807) is 0 Å².